The minimum atomic E-state index is -0.892. The van der Waals surface area contributed by atoms with Gasteiger partial charge in [-0.1, -0.05) is 37.3 Å². The summed E-state index contributed by atoms with van der Waals surface area (Å²) < 4.78 is 7.18. The average molecular weight is 466 g/mol. The Morgan fingerprint density at radius 1 is 1.15 bits per heavy atom. The summed E-state index contributed by atoms with van der Waals surface area (Å²) in [6.45, 7) is 4.98. The maximum absolute atomic E-state index is 13.6. The van der Waals surface area contributed by atoms with E-state index >= 15 is 0 Å². The second-order valence-electron chi connectivity index (χ2n) is 8.23. The highest BCUT2D eigenvalue weighted by molar-refractivity contribution is 7.09. The highest BCUT2D eigenvalue weighted by Crippen LogP contribution is 2.26. The van der Waals surface area contributed by atoms with Crippen LogP contribution in [0.2, 0.25) is 0 Å². The Kier molecular flexibility index (Phi) is 7.19. The molecule has 0 aliphatic rings. The molecule has 3 heterocycles. The minimum Gasteiger partial charge on any atom is -0.467 e. The van der Waals surface area contributed by atoms with Crippen LogP contribution in [0.5, 0.6) is 0 Å². The van der Waals surface area contributed by atoms with Gasteiger partial charge in [0.1, 0.15) is 17.8 Å². The van der Waals surface area contributed by atoms with Gasteiger partial charge in [-0.15, -0.1) is 16.4 Å². The van der Waals surface area contributed by atoms with Crippen LogP contribution >= 0.6 is 11.3 Å². The molecular weight excluding hydrogens is 438 g/mol. The van der Waals surface area contributed by atoms with Crippen molar-refractivity contribution >= 4 is 34.2 Å². The Balaban J connectivity index is 1.64. The number of nitrogens with one attached hydrogen (secondary N) is 1. The van der Waals surface area contributed by atoms with Gasteiger partial charge in [0, 0.05) is 11.4 Å². The zero-order chi connectivity index (χ0) is 23.2. The van der Waals surface area contributed by atoms with Crippen LogP contribution in [-0.2, 0) is 22.7 Å². The zero-order valence-electron chi connectivity index (χ0n) is 18.7. The first-order valence-corrected chi connectivity index (χ1v) is 11.8. The quantitative estimate of drug-likeness (QED) is 0.382. The van der Waals surface area contributed by atoms with E-state index in [0.29, 0.717) is 23.7 Å². The Bertz CT molecular complexity index is 1180. The molecule has 8 nitrogen and oxygen atoms in total. The first-order chi connectivity index (χ1) is 16.0. The molecule has 33 heavy (non-hydrogen) atoms. The Labute approximate surface area is 196 Å². The van der Waals surface area contributed by atoms with Crippen molar-refractivity contribution in [1.82, 2.24) is 25.2 Å². The van der Waals surface area contributed by atoms with Crippen LogP contribution in [-0.4, -0.2) is 38.3 Å². The smallest absolute Gasteiger partial charge is 0.250 e. The number of amides is 2. The molecule has 3 aromatic heterocycles. The molecule has 0 radical (unpaired) electrons. The molecule has 9 heteroatoms. The number of rotatable bonds is 10. The van der Waals surface area contributed by atoms with Crippen molar-refractivity contribution in [3.8, 4) is 0 Å². The summed E-state index contributed by atoms with van der Waals surface area (Å²) in [4.78, 5) is 29.5. The number of para-hydroxylation sites is 1. The predicted molar refractivity (Wildman–Crippen MR) is 126 cm³/mol. The molecule has 2 amide bonds. The summed E-state index contributed by atoms with van der Waals surface area (Å²) in [5.74, 6) is 0.362. The van der Waals surface area contributed by atoms with Gasteiger partial charge in [0.25, 0.3) is 5.91 Å². The van der Waals surface area contributed by atoms with Gasteiger partial charge < -0.3 is 14.6 Å². The van der Waals surface area contributed by atoms with Crippen LogP contribution in [0.3, 0.4) is 0 Å². The first-order valence-electron chi connectivity index (χ1n) is 10.9. The number of carbonyl (C=O) groups excluding carboxylic acids is 2. The molecule has 4 aromatic rings. The van der Waals surface area contributed by atoms with Gasteiger partial charge in [-0.2, -0.15) is 0 Å². The van der Waals surface area contributed by atoms with Gasteiger partial charge in [-0.3, -0.25) is 9.59 Å². The number of thiophene rings is 1. The first kappa shape index (κ1) is 22.7. The van der Waals surface area contributed by atoms with Crippen LogP contribution in [0, 0.1) is 5.92 Å². The lowest BCUT2D eigenvalue weighted by Gasteiger charge is -2.29. The van der Waals surface area contributed by atoms with E-state index in [1.54, 1.807) is 21.7 Å². The van der Waals surface area contributed by atoms with Crippen molar-refractivity contribution in [2.45, 2.75) is 39.4 Å². The number of nitrogens with zero attached hydrogens (tertiary/aromatic N) is 4. The number of hydrogen-bond donors (Lipinski definition) is 1. The Morgan fingerprint density at radius 2 is 2.00 bits per heavy atom. The fourth-order valence-corrected chi connectivity index (χ4v) is 4.30. The molecule has 1 aromatic carbocycles. The van der Waals surface area contributed by atoms with E-state index in [9.17, 15) is 9.59 Å². The van der Waals surface area contributed by atoms with E-state index in [0.717, 1.165) is 16.8 Å². The molecule has 0 unspecified atom stereocenters. The summed E-state index contributed by atoms with van der Waals surface area (Å²) in [6.07, 6.45) is 2.36. The maximum Gasteiger partial charge on any atom is 0.250 e. The van der Waals surface area contributed by atoms with E-state index in [4.69, 9.17) is 4.42 Å². The molecule has 4 rings (SSSR count). The third-order valence-electron chi connectivity index (χ3n) is 5.33. The molecule has 0 spiro atoms. The largest absolute Gasteiger partial charge is 0.467 e. The van der Waals surface area contributed by atoms with E-state index in [2.05, 4.69) is 29.5 Å². The lowest BCUT2D eigenvalue weighted by molar-refractivity contribution is -0.142. The summed E-state index contributed by atoms with van der Waals surface area (Å²) in [7, 11) is 0. The van der Waals surface area contributed by atoms with Crippen molar-refractivity contribution < 1.29 is 14.0 Å². The standard InChI is InChI=1S/C24H27N5O3S/c1-17(2)11-12-25-24(31)23(21-10-5-13-32-21)28(15-18-7-6-14-33-18)22(30)16-29-20-9-4-3-8-19(20)26-27-29/h3-10,13-14,17,23H,11-12,15-16H2,1-2H3,(H,25,31)/t23-/m1/s1. The van der Waals surface area contributed by atoms with Crippen molar-refractivity contribution in [1.29, 1.82) is 0 Å². The lowest BCUT2D eigenvalue weighted by atomic mass is 10.1. The Hall–Kier alpha value is -3.46. The molecule has 1 atom stereocenters. The van der Waals surface area contributed by atoms with E-state index in [1.807, 2.05) is 41.8 Å². The van der Waals surface area contributed by atoms with Crippen LogP contribution in [0.15, 0.2) is 64.6 Å². The second-order valence-corrected chi connectivity index (χ2v) is 9.26. The number of hydrogen-bond acceptors (Lipinski definition) is 6. The van der Waals surface area contributed by atoms with Gasteiger partial charge in [-0.25, -0.2) is 4.68 Å². The molecule has 0 aliphatic carbocycles. The average Bonchev–Trinajstić information content (AvgIpc) is 3.56. The molecule has 172 valence electrons. The maximum atomic E-state index is 13.6. The van der Waals surface area contributed by atoms with Gasteiger partial charge in [-0.05, 0) is 48.1 Å². The van der Waals surface area contributed by atoms with Crippen molar-refractivity contribution in [3.63, 3.8) is 0 Å². The third kappa shape index (κ3) is 5.48. The molecule has 0 saturated carbocycles. The normalized spacial score (nSPS) is 12.2. The molecule has 0 fully saturated rings. The topological polar surface area (TPSA) is 93.3 Å². The molecule has 0 saturated heterocycles. The van der Waals surface area contributed by atoms with E-state index in [-0.39, 0.29) is 24.9 Å². The summed E-state index contributed by atoms with van der Waals surface area (Å²) in [6, 6.07) is 13.9. The third-order valence-corrected chi connectivity index (χ3v) is 6.19. The summed E-state index contributed by atoms with van der Waals surface area (Å²) >= 11 is 1.54. The van der Waals surface area contributed by atoms with Crippen molar-refractivity contribution in [2.75, 3.05) is 6.54 Å². The number of fused-ring (bicyclic) bond motifs is 1. The Morgan fingerprint density at radius 3 is 2.73 bits per heavy atom. The second kappa shape index (κ2) is 10.4. The number of carbonyl (C=O) groups is 2. The van der Waals surface area contributed by atoms with Gasteiger partial charge in [0.15, 0.2) is 6.04 Å². The summed E-state index contributed by atoms with van der Waals surface area (Å²) in [5.41, 5.74) is 1.47. The van der Waals surface area contributed by atoms with Crippen molar-refractivity contribution in [3.05, 3.63) is 70.8 Å². The number of furan rings is 1. The molecular formula is C24H27N5O3S. The molecule has 0 bridgehead atoms. The van der Waals surface area contributed by atoms with Gasteiger partial charge in [0.2, 0.25) is 5.91 Å². The fourth-order valence-electron chi connectivity index (χ4n) is 3.60. The lowest BCUT2D eigenvalue weighted by Crippen LogP contribution is -2.44. The van der Waals surface area contributed by atoms with Crippen LogP contribution < -0.4 is 5.32 Å². The van der Waals surface area contributed by atoms with Crippen LogP contribution in [0.25, 0.3) is 11.0 Å². The summed E-state index contributed by atoms with van der Waals surface area (Å²) in [5, 5.41) is 13.2. The molecule has 0 aliphatic heterocycles. The number of aromatic nitrogens is 3. The SMILES string of the molecule is CC(C)CCNC(=O)[C@@H](c1ccco1)N(Cc1cccs1)C(=O)Cn1nnc2ccccc21. The van der Waals surface area contributed by atoms with E-state index in [1.165, 1.54) is 17.6 Å². The predicted octanol–water partition coefficient (Wildman–Crippen LogP) is 4.02. The number of benzene rings is 1. The van der Waals surface area contributed by atoms with Crippen molar-refractivity contribution in [2.24, 2.45) is 5.92 Å². The van der Waals surface area contributed by atoms with E-state index < -0.39 is 6.04 Å². The molecule has 1 N–H and O–H groups in total. The monoisotopic (exact) mass is 465 g/mol. The minimum absolute atomic E-state index is 0.0393. The van der Waals surface area contributed by atoms with Crippen LogP contribution in [0.4, 0.5) is 0 Å². The van der Waals surface area contributed by atoms with Gasteiger partial charge >= 0.3 is 0 Å². The zero-order valence-corrected chi connectivity index (χ0v) is 19.5. The fraction of sp³-hybridized carbons (Fsp3) is 0.333. The highest BCUT2D eigenvalue weighted by Gasteiger charge is 2.34. The van der Waals surface area contributed by atoms with Gasteiger partial charge in [0.05, 0.1) is 18.3 Å². The highest BCUT2D eigenvalue weighted by atomic mass is 32.1. The van der Waals surface area contributed by atoms with Crippen LogP contribution in [0.1, 0.15) is 36.9 Å².